The number of ether oxygens (including phenoxy) is 7. The Bertz CT molecular complexity index is 3100. The van der Waals surface area contributed by atoms with Gasteiger partial charge >= 0.3 is 6.09 Å². The molecule has 2 atom stereocenters. The number of amides is 3. The summed E-state index contributed by atoms with van der Waals surface area (Å²) in [4.78, 5) is 60.6. The van der Waals surface area contributed by atoms with Crippen LogP contribution in [-0.2, 0) is 44.6 Å². The molecule has 0 bridgehead atoms. The maximum absolute atomic E-state index is 14.6. The summed E-state index contributed by atoms with van der Waals surface area (Å²) in [6.07, 6.45) is 14.0. The van der Waals surface area contributed by atoms with Crippen molar-refractivity contribution in [2.75, 3.05) is 111 Å². The smallest absolute Gasteiger partial charge is 0.410 e. The van der Waals surface area contributed by atoms with Crippen LogP contribution < -0.4 is 20.3 Å². The first-order valence-corrected chi connectivity index (χ1v) is 32.1. The molecule has 3 aliphatic rings. The summed E-state index contributed by atoms with van der Waals surface area (Å²) < 4.78 is 42.9. The summed E-state index contributed by atoms with van der Waals surface area (Å²) in [7, 11) is 5.68. The van der Waals surface area contributed by atoms with E-state index in [1.165, 1.54) is 10.5 Å². The number of aromatic nitrogens is 5. The van der Waals surface area contributed by atoms with E-state index in [1.54, 1.807) is 18.4 Å². The van der Waals surface area contributed by atoms with E-state index in [9.17, 15) is 14.4 Å². The molecule has 0 radical (unpaired) electrons. The van der Waals surface area contributed by atoms with E-state index in [-0.39, 0.29) is 48.9 Å². The number of hydrogen-bond acceptors (Lipinski definition) is 17. The standard InChI is InChI=1S/C66H90N10O10S/c1-66(2,3)86-65(79)74(6)33-30-59(77)72-60(48-18-11-8-12-19-48)63(78)75-32-15-22-57(75)61-70-56(46-87-61)52-27-28-58(53-21-14-13-20-51(52)53)85-43-41-83-39-37-81-35-34-80-36-38-82-40-42-84-50-25-23-49(24-26-50)69-64-67-31-29-55(71-64)54-44-68-76(62(54)73(4)5)45-47-16-9-7-10-17-47/h7,9-10,13-14,16-17,20-21,27-29,31,44,46,48-50,57,60H,8,11-12,15,18-19,22-26,30,32-43,45H2,1-6H3,(H,72,77)(H,67,69,71)/t49-,50-,57-,60-/m0/s1. The van der Waals surface area contributed by atoms with Gasteiger partial charge in [-0.2, -0.15) is 5.10 Å². The molecule has 3 aromatic carbocycles. The first kappa shape index (κ1) is 64.7. The summed E-state index contributed by atoms with van der Waals surface area (Å²) in [6, 6.07) is 24.0. The van der Waals surface area contributed by atoms with E-state index in [0.29, 0.717) is 85.1 Å². The van der Waals surface area contributed by atoms with Gasteiger partial charge in [0.25, 0.3) is 0 Å². The molecule has 3 amide bonds. The van der Waals surface area contributed by atoms with Crippen molar-refractivity contribution in [3.05, 3.63) is 101 Å². The number of carbonyl (C=O) groups excluding carboxylic acids is 3. The number of nitrogens with one attached hydrogen (secondary N) is 2. The Labute approximate surface area is 516 Å². The predicted molar refractivity (Wildman–Crippen MR) is 338 cm³/mol. The summed E-state index contributed by atoms with van der Waals surface area (Å²) in [5, 5.41) is 16.4. The van der Waals surface area contributed by atoms with Crippen molar-refractivity contribution in [3.8, 4) is 28.3 Å². The number of fused-ring (bicyclic) bond motifs is 1. The third kappa shape index (κ3) is 18.9. The molecule has 21 heteroatoms. The zero-order chi connectivity index (χ0) is 61.0. The number of hydrogen-bond donors (Lipinski definition) is 2. The zero-order valence-electron chi connectivity index (χ0n) is 51.8. The molecule has 0 spiro atoms. The van der Waals surface area contributed by atoms with Crippen LogP contribution in [0.3, 0.4) is 0 Å². The van der Waals surface area contributed by atoms with Crippen LogP contribution in [0, 0.1) is 5.92 Å². The molecule has 20 nitrogen and oxygen atoms in total. The van der Waals surface area contributed by atoms with Crippen LogP contribution in [0.25, 0.3) is 33.3 Å². The fourth-order valence-corrected chi connectivity index (χ4v) is 12.7. The van der Waals surface area contributed by atoms with E-state index < -0.39 is 17.7 Å². The van der Waals surface area contributed by atoms with Crippen LogP contribution in [0.2, 0.25) is 0 Å². The maximum Gasteiger partial charge on any atom is 0.410 e. The number of thiazole rings is 1. The average molecular weight is 1220 g/mol. The molecular formula is C66H90N10O10S. The van der Waals surface area contributed by atoms with Crippen molar-refractivity contribution in [1.82, 2.24) is 39.8 Å². The van der Waals surface area contributed by atoms with Crippen LogP contribution in [0.5, 0.6) is 5.75 Å². The Balaban J connectivity index is 0.619. The second kappa shape index (κ2) is 32.5. The second-order valence-corrected chi connectivity index (χ2v) is 24.9. The maximum atomic E-state index is 14.6. The van der Waals surface area contributed by atoms with Crippen molar-refractivity contribution < 1.29 is 47.5 Å². The highest BCUT2D eigenvalue weighted by Crippen LogP contribution is 2.40. The molecule has 1 aliphatic heterocycles. The Morgan fingerprint density at radius 2 is 1.39 bits per heavy atom. The molecule has 0 unspecified atom stereocenters. The third-order valence-electron chi connectivity index (χ3n) is 16.1. The minimum Gasteiger partial charge on any atom is -0.491 e. The van der Waals surface area contributed by atoms with Gasteiger partial charge in [-0.25, -0.2) is 24.4 Å². The molecule has 6 aromatic rings. The van der Waals surface area contributed by atoms with Gasteiger partial charge in [0.1, 0.15) is 34.8 Å². The quantitative estimate of drug-likeness (QED) is 0.0388. The normalized spacial score (nSPS) is 17.7. The van der Waals surface area contributed by atoms with Crippen molar-refractivity contribution >= 4 is 51.8 Å². The first-order chi connectivity index (χ1) is 42.3. The lowest BCUT2D eigenvalue weighted by Gasteiger charge is -2.34. The average Bonchev–Trinajstić information content (AvgIpc) is 2.60. The van der Waals surface area contributed by atoms with E-state index >= 15 is 0 Å². The van der Waals surface area contributed by atoms with Gasteiger partial charge in [0, 0.05) is 69.2 Å². The highest BCUT2D eigenvalue weighted by atomic mass is 32.1. The lowest BCUT2D eigenvalue weighted by Crippen LogP contribution is -2.53. The van der Waals surface area contributed by atoms with Crippen LogP contribution in [-0.4, -0.2) is 177 Å². The van der Waals surface area contributed by atoms with Crippen molar-refractivity contribution in [3.63, 3.8) is 0 Å². The fourth-order valence-electron chi connectivity index (χ4n) is 11.7. The molecule has 2 N–H and O–H groups in total. The molecule has 2 aliphatic carbocycles. The van der Waals surface area contributed by atoms with Gasteiger partial charge in [-0.1, -0.05) is 73.9 Å². The highest BCUT2D eigenvalue weighted by molar-refractivity contribution is 7.10. The van der Waals surface area contributed by atoms with Gasteiger partial charge in [0.2, 0.25) is 17.8 Å². The third-order valence-corrected chi connectivity index (χ3v) is 17.1. The lowest BCUT2D eigenvalue weighted by molar-refractivity contribution is -0.139. The number of anilines is 2. The molecular weight excluding hydrogens is 1120 g/mol. The molecule has 1 saturated heterocycles. The molecule has 3 aromatic heterocycles. The van der Waals surface area contributed by atoms with Crippen LogP contribution in [0.15, 0.2) is 90.6 Å². The molecule has 4 heterocycles. The number of likely N-dealkylation sites (tertiary alicyclic amines) is 1. The van der Waals surface area contributed by atoms with E-state index in [4.69, 9.17) is 48.2 Å². The Hall–Kier alpha value is -6.75. The first-order valence-electron chi connectivity index (χ1n) is 31.2. The summed E-state index contributed by atoms with van der Waals surface area (Å²) >= 11 is 1.57. The second-order valence-electron chi connectivity index (χ2n) is 24.0. The van der Waals surface area contributed by atoms with Gasteiger partial charge in [-0.15, -0.1) is 11.3 Å². The number of carbonyl (C=O) groups is 3. The molecule has 9 rings (SSSR count). The lowest BCUT2D eigenvalue weighted by atomic mass is 9.83. The SMILES string of the molecule is CN(CCC(=O)N[C@H](C(=O)N1CCC[C@H]1c1nc(-c2ccc(OCCOCCOCCOCCOCCO[C@H]3CC[C@H](Nc4nccc(-c5cnn(Cc6ccccc6)c5N(C)C)n4)CC3)c3ccccc23)cs1)C1CCCCC1)C(=O)OC(C)(C)C. The van der Waals surface area contributed by atoms with Crippen molar-refractivity contribution in [2.45, 2.75) is 134 Å². The Kier molecular flexibility index (Phi) is 24.2. The summed E-state index contributed by atoms with van der Waals surface area (Å²) in [5.74, 6) is 2.15. The Morgan fingerprint density at radius 3 is 2.09 bits per heavy atom. The largest absolute Gasteiger partial charge is 0.491 e. The minimum absolute atomic E-state index is 0.0469. The summed E-state index contributed by atoms with van der Waals surface area (Å²) in [5.41, 5.74) is 4.19. The van der Waals surface area contributed by atoms with E-state index in [1.807, 2.05) is 99.3 Å². The van der Waals surface area contributed by atoms with Crippen molar-refractivity contribution in [2.24, 2.45) is 5.92 Å². The number of rotatable bonds is 31. The van der Waals surface area contributed by atoms with Crippen molar-refractivity contribution in [1.29, 1.82) is 0 Å². The highest BCUT2D eigenvalue weighted by Gasteiger charge is 2.40. The summed E-state index contributed by atoms with van der Waals surface area (Å²) in [6.45, 7) is 11.6. The molecule has 87 heavy (non-hydrogen) atoms. The fraction of sp³-hybridized carbons (Fsp3) is 0.561. The molecule has 2 saturated carbocycles. The molecule has 470 valence electrons. The predicted octanol–water partition coefficient (Wildman–Crippen LogP) is 10.6. The monoisotopic (exact) mass is 1210 g/mol. The number of benzene rings is 3. The van der Waals surface area contributed by atoms with E-state index in [0.717, 1.165) is 120 Å². The van der Waals surface area contributed by atoms with Crippen LogP contribution >= 0.6 is 11.3 Å². The Morgan fingerprint density at radius 1 is 0.713 bits per heavy atom. The zero-order valence-corrected chi connectivity index (χ0v) is 52.6. The van der Waals surface area contributed by atoms with Gasteiger partial charge in [0.05, 0.1) is 101 Å². The topological polar surface area (TPSA) is 206 Å². The van der Waals surface area contributed by atoms with Crippen LogP contribution in [0.1, 0.15) is 114 Å². The molecule has 3 fully saturated rings. The van der Waals surface area contributed by atoms with Gasteiger partial charge in [0.15, 0.2) is 0 Å². The minimum atomic E-state index is -0.638. The van der Waals surface area contributed by atoms with Gasteiger partial charge < -0.3 is 58.5 Å². The number of nitrogens with zero attached hydrogens (tertiary/aromatic N) is 8. The van der Waals surface area contributed by atoms with E-state index in [2.05, 4.69) is 56.2 Å². The van der Waals surface area contributed by atoms with Gasteiger partial charge in [-0.05, 0) is 107 Å². The van der Waals surface area contributed by atoms with Crippen LogP contribution in [0.4, 0.5) is 16.6 Å². The van der Waals surface area contributed by atoms with Gasteiger partial charge in [-0.3, -0.25) is 9.59 Å².